The summed E-state index contributed by atoms with van der Waals surface area (Å²) in [5, 5.41) is 12.5. The molecule has 4 aromatic heterocycles. The maximum absolute atomic E-state index is 5.46. The molecule has 0 saturated heterocycles. The molecular formula is C40H26N4O. The third-order valence-corrected chi connectivity index (χ3v) is 9.59. The van der Waals surface area contributed by atoms with Crippen LogP contribution in [0.2, 0.25) is 0 Å². The second-order valence-electron chi connectivity index (χ2n) is 12.0. The molecule has 45 heavy (non-hydrogen) atoms. The van der Waals surface area contributed by atoms with Crippen LogP contribution in [-0.2, 0) is 0 Å². The Labute approximate surface area is 257 Å². The Hall–Kier alpha value is -5.94. The van der Waals surface area contributed by atoms with Gasteiger partial charge in [-0.1, -0.05) is 42.0 Å². The van der Waals surface area contributed by atoms with Crippen molar-refractivity contribution in [2.24, 2.45) is 0 Å². The average Bonchev–Trinajstić information content (AvgIpc) is 3.60. The lowest BCUT2D eigenvalue weighted by molar-refractivity contribution is 0.415. The lowest BCUT2D eigenvalue weighted by Crippen LogP contribution is -1.95. The molecule has 6 aromatic carbocycles. The third kappa shape index (κ3) is 3.22. The lowest BCUT2D eigenvalue weighted by Gasteiger charge is -2.15. The van der Waals surface area contributed by atoms with Crippen LogP contribution in [0.4, 0.5) is 0 Å². The summed E-state index contributed by atoms with van der Waals surface area (Å²) in [7, 11) is 1.70. The standard InChI is InChI=1S/C40H26N4O/c1-23-3-7-26(8-4-23)43-33-19-24-5-14-32-38-25(6-13-31(37(24)38)39(33)29-15-17-41-21-35(29)43)20-34-40(32)30-16-18-42-22-36(30)44(34)27-9-11-28(45-2)12-10-27/h3-22H,1-2H3. The minimum Gasteiger partial charge on any atom is -0.497 e. The van der Waals surface area contributed by atoms with E-state index in [4.69, 9.17) is 4.74 Å². The van der Waals surface area contributed by atoms with Gasteiger partial charge in [-0.25, -0.2) is 0 Å². The van der Waals surface area contributed by atoms with Crippen molar-refractivity contribution in [1.82, 2.24) is 19.1 Å². The van der Waals surface area contributed by atoms with Gasteiger partial charge in [0.15, 0.2) is 0 Å². The number of hydrogen-bond donors (Lipinski definition) is 0. The van der Waals surface area contributed by atoms with E-state index in [1.807, 2.05) is 36.9 Å². The zero-order valence-electron chi connectivity index (χ0n) is 24.7. The van der Waals surface area contributed by atoms with Crippen LogP contribution in [0.1, 0.15) is 5.56 Å². The molecule has 0 aliphatic heterocycles. The number of hydrogen-bond acceptors (Lipinski definition) is 3. The smallest absolute Gasteiger partial charge is 0.119 e. The van der Waals surface area contributed by atoms with E-state index in [0.29, 0.717) is 0 Å². The van der Waals surface area contributed by atoms with Gasteiger partial charge in [-0.3, -0.25) is 9.97 Å². The van der Waals surface area contributed by atoms with Crippen LogP contribution in [0.3, 0.4) is 0 Å². The molecule has 212 valence electrons. The van der Waals surface area contributed by atoms with E-state index < -0.39 is 0 Å². The minimum atomic E-state index is 0.839. The molecule has 0 radical (unpaired) electrons. The van der Waals surface area contributed by atoms with Gasteiger partial charge in [-0.2, -0.15) is 0 Å². The number of pyridine rings is 2. The second-order valence-corrected chi connectivity index (χ2v) is 12.0. The van der Waals surface area contributed by atoms with Gasteiger partial charge in [0.2, 0.25) is 0 Å². The highest BCUT2D eigenvalue weighted by Crippen LogP contribution is 2.46. The molecule has 0 bridgehead atoms. The van der Waals surface area contributed by atoms with Gasteiger partial charge in [-0.05, 0) is 99.9 Å². The molecule has 0 aliphatic rings. The molecule has 10 rings (SSSR count). The molecular weight excluding hydrogens is 552 g/mol. The van der Waals surface area contributed by atoms with E-state index >= 15 is 0 Å². The summed E-state index contributed by atoms with van der Waals surface area (Å²) >= 11 is 0. The summed E-state index contributed by atoms with van der Waals surface area (Å²) in [6.45, 7) is 2.13. The predicted octanol–water partition coefficient (Wildman–Crippen LogP) is 9.89. The SMILES string of the molecule is COc1ccc(-n2c3cnccc3c3c4ccc5cc6c(c7ccc(cc32)c4c57)c2ccncc2n6-c2ccc(C)cc2)cc1. The predicted molar refractivity (Wildman–Crippen MR) is 186 cm³/mol. The van der Waals surface area contributed by atoms with Crippen LogP contribution in [0, 0.1) is 6.92 Å². The Balaban J connectivity index is 1.36. The summed E-state index contributed by atoms with van der Waals surface area (Å²) in [5.41, 5.74) is 8.03. The van der Waals surface area contributed by atoms with Crippen molar-refractivity contribution in [1.29, 1.82) is 0 Å². The first-order valence-electron chi connectivity index (χ1n) is 15.2. The fourth-order valence-electron chi connectivity index (χ4n) is 7.63. The molecule has 0 aliphatic carbocycles. The molecule has 0 saturated carbocycles. The van der Waals surface area contributed by atoms with Gasteiger partial charge in [0.1, 0.15) is 5.75 Å². The van der Waals surface area contributed by atoms with Crippen molar-refractivity contribution in [3.63, 3.8) is 0 Å². The number of aromatic nitrogens is 4. The van der Waals surface area contributed by atoms with Crippen LogP contribution in [0.15, 0.2) is 122 Å². The normalized spacial score (nSPS) is 12.2. The molecule has 10 aromatic rings. The van der Waals surface area contributed by atoms with Crippen molar-refractivity contribution in [3.8, 4) is 17.1 Å². The molecule has 4 heterocycles. The first kappa shape index (κ1) is 24.5. The number of aryl methyl sites for hydroxylation is 1. The first-order valence-corrected chi connectivity index (χ1v) is 15.2. The zero-order valence-corrected chi connectivity index (χ0v) is 24.7. The van der Waals surface area contributed by atoms with Crippen molar-refractivity contribution >= 4 is 75.9 Å². The van der Waals surface area contributed by atoms with Crippen LogP contribution in [0.5, 0.6) is 5.75 Å². The highest BCUT2D eigenvalue weighted by Gasteiger charge is 2.22. The lowest BCUT2D eigenvalue weighted by atomic mass is 9.90. The second kappa shape index (κ2) is 8.80. The quantitative estimate of drug-likeness (QED) is 0.196. The maximum atomic E-state index is 5.46. The van der Waals surface area contributed by atoms with Crippen LogP contribution < -0.4 is 4.74 Å². The Morgan fingerprint density at radius 1 is 0.489 bits per heavy atom. The van der Waals surface area contributed by atoms with Crippen molar-refractivity contribution in [3.05, 3.63) is 127 Å². The number of methoxy groups -OCH3 is 1. The summed E-state index contributed by atoms with van der Waals surface area (Å²) in [6.07, 6.45) is 7.78. The fourth-order valence-corrected chi connectivity index (χ4v) is 7.63. The Bertz CT molecular complexity index is 2790. The van der Waals surface area contributed by atoms with Crippen molar-refractivity contribution in [2.45, 2.75) is 6.92 Å². The average molecular weight is 579 g/mol. The number of benzene rings is 6. The van der Waals surface area contributed by atoms with E-state index in [-0.39, 0.29) is 0 Å². The van der Waals surface area contributed by atoms with Gasteiger partial charge >= 0.3 is 0 Å². The van der Waals surface area contributed by atoms with Gasteiger partial charge in [0.25, 0.3) is 0 Å². The fraction of sp³-hybridized carbons (Fsp3) is 0.0500. The maximum Gasteiger partial charge on any atom is 0.119 e. The Morgan fingerprint density at radius 3 is 1.47 bits per heavy atom. The van der Waals surface area contributed by atoms with E-state index in [1.165, 1.54) is 70.5 Å². The molecule has 0 N–H and O–H groups in total. The van der Waals surface area contributed by atoms with E-state index in [1.54, 1.807) is 7.11 Å². The minimum absolute atomic E-state index is 0.839. The van der Waals surface area contributed by atoms with E-state index in [2.05, 4.69) is 111 Å². The highest BCUT2D eigenvalue weighted by atomic mass is 16.5. The van der Waals surface area contributed by atoms with Crippen molar-refractivity contribution < 1.29 is 4.74 Å². The molecule has 0 atom stereocenters. The molecule has 0 fully saturated rings. The van der Waals surface area contributed by atoms with Gasteiger partial charge in [0, 0.05) is 45.3 Å². The number of nitrogens with zero attached hydrogens (tertiary/aromatic N) is 4. The van der Waals surface area contributed by atoms with E-state index in [9.17, 15) is 0 Å². The number of rotatable bonds is 3. The Morgan fingerprint density at radius 2 is 0.978 bits per heavy atom. The largest absolute Gasteiger partial charge is 0.497 e. The highest BCUT2D eigenvalue weighted by molar-refractivity contribution is 6.37. The Kier molecular flexibility index (Phi) is 4.79. The first-order chi connectivity index (χ1) is 22.2. The summed E-state index contributed by atoms with van der Waals surface area (Å²) in [6, 6.07) is 35.3. The van der Waals surface area contributed by atoms with Crippen LogP contribution >= 0.6 is 0 Å². The molecule has 5 nitrogen and oxygen atoms in total. The van der Waals surface area contributed by atoms with Gasteiger partial charge in [0.05, 0.1) is 41.6 Å². The van der Waals surface area contributed by atoms with Crippen LogP contribution in [-0.4, -0.2) is 26.2 Å². The molecule has 0 spiro atoms. The third-order valence-electron chi connectivity index (χ3n) is 9.59. The van der Waals surface area contributed by atoms with Gasteiger partial charge < -0.3 is 13.9 Å². The van der Waals surface area contributed by atoms with E-state index in [0.717, 1.165) is 28.2 Å². The van der Waals surface area contributed by atoms with Crippen LogP contribution in [0.25, 0.3) is 87.3 Å². The summed E-state index contributed by atoms with van der Waals surface area (Å²) in [4.78, 5) is 9.08. The monoisotopic (exact) mass is 578 g/mol. The topological polar surface area (TPSA) is 44.9 Å². The summed E-state index contributed by atoms with van der Waals surface area (Å²) < 4.78 is 10.1. The molecule has 5 heteroatoms. The molecule has 0 amide bonds. The van der Waals surface area contributed by atoms with Gasteiger partial charge in [-0.15, -0.1) is 0 Å². The number of fused-ring (bicyclic) bond motifs is 8. The zero-order chi connectivity index (χ0) is 29.8. The number of ether oxygens (including phenoxy) is 1. The van der Waals surface area contributed by atoms with Crippen molar-refractivity contribution in [2.75, 3.05) is 7.11 Å². The molecule has 0 unspecified atom stereocenters. The summed E-state index contributed by atoms with van der Waals surface area (Å²) in [5.74, 6) is 0.839.